The van der Waals surface area contributed by atoms with E-state index in [1.165, 1.54) is 10.5 Å². The van der Waals surface area contributed by atoms with E-state index in [2.05, 4.69) is 22.3 Å². The molecule has 0 saturated carbocycles. The van der Waals surface area contributed by atoms with E-state index in [4.69, 9.17) is 16.1 Å². The molecule has 2 heterocycles. The van der Waals surface area contributed by atoms with Crippen molar-refractivity contribution in [1.29, 1.82) is 0 Å². The summed E-state index contributed by atoms with van der Waals surface area (Å²) in [4.78, 5) is 7.68. The zero-order chi connectivity index (χ0) is 17.8. The Balaban J connectivity index is 1.29. The third kappa shape index (κ3) is 4.30. The molecule has 134 valence electrons. The lowest BCUT2D eigenvalue weighted by Gasteiger charge is -2.28. The Morgan fingerprint density at radius 1 is 0.846 bits per heavy atom. The van der Waals surface area contributed by atoms with Gasteiger partial charge in [0.2, 0.25) is 5.82 Å². The van der Waals surface area contributed by atoms with Crippen LogP contribution in [-0.4, -0.2) is 36.3 Å². The largest absolute Gasteiger partial charge is 0.333 e. The lowest BCUT2D eigenvalue weighted by Crippen LogP contribution is -3.27. The number of quaternary nitrogens is 2. The maximum atomic E-state index is 5.96. The van der Waals surface area contributed by atoms with Gasteiger partial charge in [-0.3, -0.25) is 0 Å². The lowest BCUT2D eigenvalue weighted by atomic mass is 10.2. The highest BCUT2D eigenvalue weighted by Crippen LogP contribution is 2.14. The minimum absolute atomic E-state index is 0.673. The Kier molecular flexibility index (Phi) is 5.29. The van der Waals surface area contributed by atoms with Gasteiger partial charge < -0.3 is 14.3 Å². The highest BCUT2D eigenvalue weighted by molar-refractivity contribution is 6.30. The van der Waals surface area contributed by atoms with Gasteiger partial charge in [0.05, 0.1) is 0 Å². The standard InChI is InChI=1S/C20H21ClN4O/c21-18-8-6-16(7-9-18)14-24-10-12-25(13-11-24)15-19-22-20(23-26-19)17-4-2-1-3-5-17/h1-9H,10-15H2/p+2. The van der Waals surface area contributed by atoms with E-state index in [0.29, 0.717) is 5.82 Å². The minimum Gasteiger partial charge on any atom is -0.333 e. The maximum Gasteiger partial charge on any atom is 0.282 e. The van der Waals surface area contributed by atoms with Gasteiger partial charge in [0, 0.05) is 16.1 Å². The van der Waals surface area contributed by atoms with Crippen LogP contribution in [0.25, 0.3) is 11.4 Å². The summed E-state index contributed by atoms with van der Waals surface area (Å²) in [6.07, 6.45) is 0. The molecule has 1 saturated heterocycles. The zero-order valence-electron chi connectivity index (χ0n) is 14.6. The number of nitrogens with zero attached hydrogens (tertiary/aromatic N) is 2. The molecule has 0 amide bonds. The first-order valence-electron chi connectivity index (χ1n) is 9.06. The molecule has 0 radical (unpaired) electrons. The van der Waals surface area contributed by atoms with Gasteiger partial charge in [0.1, 0.15) is 32.7 Å². The molecule has 3 aromatic rings. The first-order chi connectivity index (χ1) is 12.8. The van der Waals surface area contributed by atoms with Gasteiger partial charge in [-0.15, -0.1) is 0 Å². The minimum atomic E-state index is 0.673. The molecular formula is C20H23ClN4O+2. The van der Waals surface area contributed by atoms with Crippen LogP contribution in [0.15, 0.2) is 59.1 Å². The van der Waals surface area contributed by atoms with Crippen LogP contribution in [0.2, 0.25) is 5.02 Å². The molecule has 2 aromatic carbocycles. The zero-order valence-corrected chi connectivity index (χ0v) is 15.4. The molecule has 5 nitrogen and oxygen atoms in total. The summed E-state index contributed by atoms with van der Waals surface area (Å²) in [5, 5.41) is 4.91. The van der Waals surface area contributed by atoms with Crippen LogP contribution in [0, 0.1) is 0 Å². The molecule has 1 aromatic heterocycles. The monoisotopic (exact) mass is 370 g/mol. The molecule has 1 fully saturated rings. The lowest BCUT2D eigenvalue weighted by molar-refractivity contribution is -1.02. The first kappa shape index (κ1) is 17.2. The van der Waals surface area contributed by atoms with Crippen molar-refractivity contribution in [3.63, 3.8) is 0 Å². The van der Waals surface area contributed by atoms with Crippen LogP contribution in [0.5, 0.6) is 0 Å². The molecule has 0 atom stereocenters. The van der Waals surface area contributed by atoms with E-state index in [1.807, 2.05) is 42.5 Å². The molecule has 0 aliphatic carbocycles. The van der Waals surface area contributed by atoms with Gasteiger partial charge in [-0.1, -0.05) is 59.2 Å². The summed E-state index contributed by atoms with van der Waals surface area (Å²) in [7, 11) is 0. The molecule has 0 bridgehead atoms. The first-order valence-corrected chi connectivity index (χ1v) is 9.43. The SMILES string of the molecule is Clc1ccc(C[NH+]2CC[NH+](Cc3nc(-c4ccccc4)no3)CC2)cc1. The number of hydrogen-bond donors (Lipinski definition) is 2. The fourth-order valence-electron chi connectivity index (χ4n) is 3.45. The molecule has 1 aliphatic rings. The van der Waals surface area contributed by atoms with Gasteiger partial charge in [0.25, 0.3) is 5.89 Å². The average Bonchev–Trinajstić information content (AvgIpc) is 3.14. The van der Waals surface area contributed by atoms with E-state index >= 15 is 0 Å². The van der Waals surface area contributed by atoms with Crippen LogP contribution in [-0.2, 0) is 13.1 Å². The normalized spacial score (nSPS) is 20.2. The maximum absolute atomic E-state index is 5.96. The van der Waals surface area contributed by atoms with Crippen molar-refractivity contribution in [2.45, 2.75) is 13.1 Å². The van der Waals surface area contributed by atoms with Gasteiger partial charge in [-0.2, -0.15) is 4.98 Å². The second kappa shape index (κ2) is 7.99. The number of piperazine rings is 1. The van der Waals surface area contributed by atoms with Gasteiger partial charge >= 0.3 is 0 Å². The third-order valence-corrected chi connectivity index (χ3v) is 5.18. The smallest absolute Gasteiger partial charge is 0.282 e. The fourth-order valence-corrected chi connectivity index (χ4v) is 3.57. The summed E-state index contributed by atoms with van der Waals surface area (Å²) >= 11 is 5.96. The second-order valence-corrected chi connectivity index (χ2v) is 7.29. The summed E-state index contributed by atoms with van der Waals surface area (Å²) in [6.45, 7) is 6.39. The van der Waals surface area contributed by atoms with Crippen molar-refractivity contribution in [1.82, 2.24) is 10.1 Å². The van der Waals surface area contributed by atoms with Crippen LogP contribution >= 0.6 is 11.6 Å². The van der Waals surface area contributed by atoms with Gasteiger partial charge in [-0.25, -0.2) is 0 Å². The van der Waals surface area contributed by atoms with Gasteiger partial charge in [-0.05, 0) is 12.1 Å². The van der Waals surface area contributed by atoms with E-state index in [1.54, 1.807) is 4.90 Å². The van der Waals surface area contributed by atoms with Crippen LogP contribution in [0.3, 0.4) is 0 Å². The molecule has 2 N–H and O–H groups in total. The molecule has 0 unspecified atom stereocenters. The van der Waals surface area contributed by atoms with E-state index < -0.39 is 0 Å². The Bertz CT molecular complexity index is 827. The molecule has 0 spiro atoms. The van der Waals surface area contributed by atoms with E-state index in [9.17, 15) is 0 Å². The highest BCUT2D eigenvalue weighted by Gasteiger charge is 2.25. The van der Waals surface area contributed by atoms with Crippen molar-refractivity contribution < 1.29 is 14.3 Å². The van der Waals surface area contributed by atoms with Crippen molar-refractivity contribution in [2.24, 2.45) is 0 Å². The Labute approximate surface area is 158 Å². The van der Waals surface area contributed by atoms with Crippen molar-refractivity contribution >= 4 is 11.6 Å². The van der Waals surface area contributed by atoms with E-state index in [0.717, 1.165) is 55.7 Å². The molecule has 4 rings (SSSR count). The van der Waals surface area contributed by atoms with Gasteiger partial charge in [0.15, 0.2) is 6.54 Å². The van der Waals surface area contributed by atoms with Crippen LogP contribution in [0.1, 0.15) is 11.5 Å². The number of nitrogens with one attached hydrogen (secondary N) is 2. The van der Waals surface area contributed by atoms with Crippen molar-refractivity contribution in [3.05, 3.63) is 71.1 Å². The number of aromatic nitrogens is 2. The predicted octanol–water partition coefficient (Wildman–Crippen LogP) is 0.874. The topological polar surface area (TPSA) is 47.8 Å². The number of benzene rings is 2. The summed E-state index contributed by atoms with van der Waals surface area (Å²) in [5.41, 5.74) is 2.34. The van der Waals surface area contributed by atoms with E-state index in [-0.39, 0.29) is 0 Å². The van der Waals surface area contributed by atoms with Crippen LogP contribution in [0.4, 0.5) is 0 Å². The molecular weight excluding hydrogens is 348 g/mol. The predicted molar refractivity (Wildman–Crippen MR) is 100.0 cm³/mol. The molecule has 6 heteroatoms. The number of hydrogen-bond acceptors (Lipinski definition) is 3. The quantitative estimate of drug-likeness (QED) is 0.700. The highest BCUT2D eigenvalue weighted by atomic mass is 35.5. The molecule has 26 heavy (non-hydrogen) atoms. The fraction of sp³-hybridized carbons (Fsp3) is 0.300. The molecule has 1 aliphatic heterocycles. The Hall–Kier alpha value is -2.21. The number of rotatable bonds is 5. The Morgan fingerprint density at radius 2 is 1.50 bits per heavy atom. The Morgan fingerprint density at radius 3 is 2.19 bits per heavy atom. The second-order valence-electron chi connectivity index (χ2n) is 6.86. The summed E-state index contributed by atoms with van der Waals surface area (Å²) in [5.74, 6) is 1.40. The van der Waals surface area contributed by atoms with Crippen LogP contribution < -0.4 is 9.80 Å². The van der Waals surface area contributed by atoms with Crippen molar-refractivity contribution in [2.75, 3.05) is 26.2 Å². The average molecular weight is 371 g/mol. The summed E-state index contributed by atoms with van der Waals surface area (Å²) < 4.78 is 5.45. The van der Waals surface area contributed by atoms with Crippen molar-refractivity contribution in [3.8, 4) is 11.4 Å². The number of halogens is 1. The third-order valence-electron chi connectivity index (χ3n) is 4.93. The summed E-state index contributed by atoms with van der Waals surface area (Å²) in [6, 6.07) is 18.1.